The number of amidine groups is 1. The van der Waals surface area contributed by atoms with Crippen LogP contribution in [-0.4, -0.2) is 16.7 Å². The Morgan fingerprint density at radius 1 is 1.11 bits per heavy atom. The molecule has 18 heavy (non-hydrogen) atoms. The van der Waals surface area contributed by atoms with Crippen LogP contribution >= 0.6 is 0 Å². The number of nitrogens with one attached hydrogen (secondary N) is 1. The van der Waals surface area contributed by atoms with Gasteiger partial charge in [-0.25, -0.2) is 5.43 Å². The standard InChI is InChI=1S/C13H12N4O/c14-12(11-8-4-5-9-15-11)16-17-13(18)10-6-2-1-3-7-10/h1-9H,(H2,14,16)(H,17,18). The molecule has 5 heteroatoms. The van der Waals surface area contributed by atoms with Gasteiger partial charge in [0.05, 0.1) is 0 Å². The molecule has 1 heterocycles. The molecule has 0 aliphatic rings. The summed E-state index contributed by atoms with van der Waals surface area (Å²) in [6.07, 6.45) is 1.61. The molecule has 0 spiro atoms. The van der Waals surface area contributed by atoms with E-state index in [0.717, 1.165) is 0 Å². The third-order valence-corrected chi connectivity index (χ3v) is 2.24. The highest BCUT2D eigenvalue weighted by Gasteiger charge is 2.04. The summed E-state index contributed by atoms with van der Waals surface area (Å²) in [7, 11) is 0. The van der Waals surface area contributed by atoms with Gasteiger partial charge in [-0.3, -0.25) is 9.78 Å². The number of hydrazone groups is 1. The van der Waals surface area contributed by atoms with Gasteiger partial charge < -0.3 is 5.73 Å². The second-order valence-corrected chi connectivity index (χ2v) is 3.52. The Kier molecular flexibility index (Phi) is 3.66. The molecule has 0 fully saturated rings. The summed E-state index contributed by atoms with van der Waals surface area (Å²) in [5.41, 5.74) is 9.12. The number of pyridine rings is 1. The maximum Gasteiger partial charge on any atom is 0.271 e. The van der Waals surface area contributed by atoms with Crippen LogP contribution in [0.2, 0.25) is 0 Å². The lowest BCUT2D eigenvalue weighted by Crippen LogP contribution is -2.24. The highest BCUT2D eigenvalue weighted by atomic mass is 16.2. The average Bonchev–Trinajstić information content (AvgIpc) is 2.46. The lowest BCUT2D eigenvalue weighted by Gasteiger charge is -2.01. The van der Waals surface area contributed by atoms with E-state index in [4.69, 9.17) is 5.73 Å². The van der Waals surface area contributed by atoms with E-state index in [1.165, 1.54) is 0 Å². The molecule has 1 aromatic carbocycles. The van der Waals surface area contributed by atoms with Crippen LogP contribution in [0.5, 0.6) is 0 Å². The number of hydrogen-bond donors (Lipinski definition) is 2. The Morgan fingerprint density at radius 2 is 1.83 bits per heavy atom. The number of amides is 1. The van der Waals surface area contributed by atoms with Gasteiger partial charge in [0.15, 0.2) is 5.84 Å². The number of aromatic nitrogens is 1. The van der Waals surface area contributed by atoms with Crippen molar-refractivity contribution in [2.45, 2.75) is 0 Å². The Morgan fingerprint density at radius 3 is 2.50 bits per heavy atom. The minimum absolute atomic E-state index is 0.167. The molecule has 0 atom stereocenters. The van der Waals surface area contributed by atoms with E-state index < -0.39 is 0 Å². The number of hydrogen-bond acceptors (Lipinski definition) is 3. The Balaban J connectivity index is 2.05. The van der Waals surface area contributed by atoms with Crippen molar-refractivity contribution in [1.82, 2.24) is 10.4 Å². The van der Waals surface area contributed by atoms with Crippen molar-refractivity contribution in [3.05, 3.63) is 66.0 Å². The normalized spacial score (nSPS) is 11.0. The van der Waals surface area contributed by atoms with Crippen molar-refractivity contribution >= 4 is 11.7 Å². The maximum absolute atomic E-state index is 11.7. The van der Waals surface area contributed by atoms with E-state index in [1.54, 1.807) is 48.7 Å². The van der Waals surface area contributed by atoms with Crippen LogP contribution in [0.4, 0.5) is 0 Å². The molecule has 1 aromatic heterocycles. The van der Waals surface area contributed by atoms with Crippen LogP contribution in [0.25, 0.3) is 0 Å². The van der Waals surface area contributed by atoms with Crippen LogP contribution in [0, 0.1) is 0 Å². The first kappa shape index (κ1) is 11.8. The van der Waals surface area contributed by atoms with Crippen LogP contribution in [0.15, 0.2) is 59.8 Å². The number of benzene rings is 1. The molecule has 2 aromatic rings. The smallest absolute Gasteiger partial charge is 0.271 e. The van der Waals surface area contributed by atoms with Gasteiger partial charge in [0.1, 0.15) is 5.69 Å². The molecule has 3 N–H and O–H groups in total. The van der Waals surface area contributed by atoms with Crippen LogP contribution in [0.3, 0.4) is 0 Å². The molecule has 0 radical (unpaired) electrons. The third-order valence-electron chi connectivity index (χ3n) is 2.24. The zero-order chi connectivity index (χ0) is 12.8. The van der Waals surface area contributed by atoms with Gasteiger partial charge in [-0.15, -0.1) is 0 Å². The highest BCUT2D eigenvalue weighted by Crippen LogP contribution is 1.98. The molecule has 0 unspecified atom stereocenters. The summed E-state index contributed by atoms with van der Waals surface area (Å²) in [5.74, 6) is -0.144. The maximum atomic E-state index is 11.7. The van der Waals surface area contributed by atoms with Crippen molar-refractivity contribution in [2.24, 2.45) is 10.8 Å². The van der Waals surface area contributed by atoms with E-state index in [2.05, 4.69) is 15.5 Å². The lowest BCUT2D eigenvalue weighted by molar-refractivity contribution is 0.0955. The van der Waals surface area contributed by atoms with Gasteiger partial charge in [-0.05, 0) is 24.3 Å². The fourth-order valence-electron chi connectivity index (χ4n) is 1.34. The number of nitrogens with zero attached hydrogens (tertiary/aromatic N) is 2. The third kappa shape index (κ3) is 2.91. The van der Waals surface area contributed by atoms with E-state index in [0.29, 0.717) is 11.3 Å². The van der Waals surface area contributed by atoms with Gasteiger partial charge >= 0.3 is 0 Å². The first-order chi connectivity index (χ1) is 8.77. The molecule has 1 amide bonds. The molecule has 90 valence electrons. The fraction of sp³-hybridized carbons (Fsp3) is 0. The first-order valence-corrected chi connectivity index (χ1v) is 5.37. The van der Waals surface area contributed by atoms with Crippen molar-refractivity contribution < 1.29 is 4.79 Å². The number of carbonyl (C=O) groups excluding carboxylic acids is 1. The molecule has 0 bridgehead atoms. The SMILES string of the molecule is N/C(=N\NC(=O)c1ccccc1)c1ccccn1. The van der Waals surface area contributed by atoms with Gasteiger partial charge in [-0.1, -0.05) is 24.3 Å². The molecule has 0 saturated heterocycles. The summed E-state index contributed by atoms with van der Waals surface area (Å²) >= 11 is 0. The second kappa shape index (κ2) is 5.58. The van der Waals surface area contributed by atoms with Gasteiger partial charge in [-0.2, -0.15) is 5.10 Å². The van der Waals surface area contributed by atoms with Gasteiger partial charge in [0, 0.05) is 11.8 Å². The zero-order valence-corrected chi connectivity index (χ0v) is 9.58. The Labute approximate surface area is 104 Å². The number of rotatable bonds is 3. The molecule has 2 rings (SSSR count). The summed E-state index contributed by atoms with van der Waals surface area (Å²) in [6, 6.07) is 14.1. The van der Waals surface area contributed by atoms with Crippen molar-refractivity contribution in [3.63, 3.8) is 0 Å². The molecule has 0 aliphatic carbocycles. The van der Waals surface area contributed by atoms with E-state index in [9.17, 15) is 4.79 Å². The largest absolute Gasteiger partial charge is 0.380 e. The minimum atomic E-state index is -0.311. The predicted octanol–water partition coefficient (Wildman–Crippen LogP) is 1.13. The highest BCUT2D eigenvalue weighted by molar-refractivity contribution is 5.98. The van der Waals surface area contributed by atoms with E-state index in [-0.39, 0.29) is 11.7 Å². The van der Waals surface area contributed by atoms with Crippen molar-refractivity contribution in [3.8, 4) is 0 Å². The molecular weight excluding hydrogens is 228 g/mol. The van der Waals surface area contributed by atoms with Gasteiger partial charge in [0.2, 0.25) is 0 Å². The minimum Gasteiger partial charge on any atom is -0.380 e. The fourth-order valence-corrected chi connectivity index (χ4v) is 1.34. The predicted molar refractivity (Wildman–Crippen MR) is 68.9 cm³/mol. The summed E-state index contributed by atoms with van der Waals surface area (Å²) in [4.78, 5) is 15.7. The average molecular weight is 240 g/mol. The lowest BCUT2D eigenvalue weighted by atomic mass is 10.2. The monoisotopic (exact) mass is 240 g/mol. The van der Waals surface area contributed by atoms with Crippen molar-refractivity contribution in [1.29, 1.82) is 0 Å². The van der Waals surface area contributed by atoms with Crippen LogP contribution in [0.1, 0.15) is 16.1 Å². The topological polar surface area (TPSA) is 80.4 Å². The Hall–Kier alpha value is -2.69. The van der Waals surface area contributed by atoms with Crippen LogP contribution < -0.4 is 11.2 Å². The second-order valence-electron chi connectivity index (χ2n) is 3.52. The number of carbonyl (C=O) groups is 1. The molecule has 5 nitrogen and oxygen atoms in total. The Bertz CT molecular complexity index is 552. The van der Waals surface area contributed by atoms with Gasteiger partial charge in [0.25, 0.3) is 5.91 Å². The summed E-state index contributed by atoms with van der Waals surface area (Å²) in [5, 5.41) is 3.80. The summed E-state index contributed by atoms with van der Waals surface area (Å²) in [6.45, 7) is 0. The zero-order valence-electron chi connectivity index (χ0n) is 9.58. The first-order valence-electron chi connectivity index (χ1n) is 5.37. The summed E-state index contributed by atoms with van der Waals surface area (Å²) < 4.78 is 0. The molecule has 0 aliphatic heterocycles. The number of nitrogens with two attached hydrogens (primary N) is 1. The van der Waals surface area contributed by atoms with E-state index >= 15 is 0 Å². The van der Waals surface area contributed by atoms with E-state index in [1.807, 2.05) is 6.07 Å². The van der Waals surface area contributed by atoms with Crippen molar-refractivity contribution in [2.75, 3.05) is 0 Å². The quantitative estimate of drug-likeness (QED) is 0.479. The molecule has 0 saturated carbocycles. The van der Waals surface area contributed by atoms with Crippen LogP contribution in [-0.2, 0) is 0 Å². The molecular formula is C13H12N4O.